The van der Waals surface area contributed by atoms with Gasteiger partial charge in [0.2, 0.25) is 10.0 Å². The van der Waals surface area contributed by atoms with Crippen molar-refractivity contribution >= 4 is 10.0 Å². The highest BCUT2D eigenvalue weighted by Crippen LogP contribution is 2.23. The Morgan fingerprint density at radius 1 is 1.56 bits per heavy atom. The molecule has 0 radical (unpaired) electrons. The summed E-state index contributed by atoms with van der Waals surface area (Å²) in [5, 5.41) is 4.07. The summed E-state index contributed by atoms with van der Waals surface area (Å²) < 4.78 is 27.8. The van der Waals surface area contributed by atoms with E-state index in [0.717, 1.165) is 12.8 Å². The Kier molecular flexibility index (Phi) is 4.04. The molecular formula is C11H20N4O2S. The normalized spacial score (nSPS) is 21.6. The standard InChI is InChI=1S/C11H20N4O2S/c1-10-3-6-15(8-10)18(16,17)11-7-13-14(9-11)5-2-4-12/h7,9-10H,2-6,8,12H2,1H3. The van der Waals surface area contributed by atoms with Crippen molar-refractivity contribution < 1.29 is 8.42 Å². The van der Waals surface area contributed by atoms with Gasteiger partial charge in [0, 0.05) is 25.8 Å². The number of aryl methyl sites for hydroxylation is 1. The Bertz CT molecular complexity index is 497. The first-order valence-corrected chi connectivity index (χ1v) is 7.70. The highest BCUT2D eigenvalue weighted by Gasteiger charge is 2.31. The molecule has 6 nitrogen and oxygen atoms in total. The summed E-state index contributed by atoms with van der Waals surface area (Å²) in [6.45, 7) is 4.52. The Morgan fingerprint density at radius 2 is 2.33 bits per heavy atom. The molecule has 2 rings (SSSR count). The number of hydrogen-bond acceptors (Lipinski definition) is 4. The molecule has 0 amide bonds. The SMILES string of the molecule is CC1CCN(S(=O)(=O)c2cnn(CCCN)c2)C1. The van der Waals surface area contributed by atoms with Crippen LogP contribution in [0.1, 0.15) is 19.8 Å². The third-order valence-electron chi connectivity index (χ3n) is 3.23. The lowest BCUT2D eigenvalue weighted by Gasteiger charge is -2.14. The smallest absolute Gasteiger partial charge is 0.246 e. The van der Waals surface area contributed by atoms with Crippen molar-refractivity contribution in [2.24, 2.45) is 11.7 Å². The number of nitrogens with two attached hydrogens (primary N) is 1. The molecule has 0 spiro atoms. The van der Waals surface area contributed by atoms with Gasteiger partial charge in [-0.15, -0.1) is 0 Å². The number of hydrogen-bond donors (Lipinski definition) is 1. The maximum Gasteiger partial charge on any atom is 0.246 e. The second-order valence-electron chi connectivity index (χ2n) is 4.84. The van der Waals surface area contributed by atoms with E-state index in [-0.39, 0.29) is 4.90 Å². The Balaban J connectivity index is 2.12. The lowest BCUT2D eigenvalue weighted by atomic mass is 10.2. The monoisotopic (exact) mass is 272 g/mol. The van der Waals surface area contributed by atoms with Crippen LogP contribution in [0.5, 0.6) is 0 Å². The van der Waals surface area contributed by atoms with Crippen molar-refractivity contribution in [1.29, 1.82) is 0 Å². The van der Waals surface area contributed by atoms with Crippen LogP contribution in [0.15, 0.2) is 17.3 Å². The van der Waals surface area contributed by atoms with Crippen LogP contribution in [0, 0.1) is 5.92 Å². The molecule has 1 aliphatic rings. The molecule has 0 bridgehead atoms. The molecule has 102 valence electrons. The number of aromatic nitrogens is 2. The first kappa shape index (κ1) is 13.5. The van der Waals surface area contributed by atoms with Gasteiger partial charge in [0.15, 0.2) is 0 Å². The zero-order valence-electron chi connectivity index (χ0n) is 10.6. The highest BCUT2D eigenvalue weighted by molar-refractivity contribution is 7.89. The summed E-state index contributed by atoms with van der Waals surface area (Å²) in [5.41, 5.74) is 5.42. The van der Waals surface area contributed by atoms with E-state index < -0.39 is 10.0 Å². The topological polar surface area (TPSA) is 81.2 Å². The summed E-state index contributed by atoms with van der Waals surface area (Å²) in [5.74, 6) is 0.437. The number of sulfonamides is 1. The highest BCUT2D eigenvalue weighted by atomic mass is 32.2. The van der Waals surface area contributed by atoms with Crippen LogP contribution in [0.2, 0.25) is 0 Å². The zero-order valence-corrected chi connectivity index (χ0v) is 11.4. The van der Waals surface area contributed by atoms with Crippen LogP contribution in [0.4, 0.5) is 0 Å². The molecular weight excluding hydrogens is 252 g/mol. The molecule has 1 aliphatic heterocycles. The van der Waals surface area contributed by atoms with Gasteiger partial charge in [-0.25, -0.2) is 8.42 Å². The van der Waals surface area contributed by atoms with Gasteiger partial charge < -0.3 is 5.73 Å². The van der Waals surface area contributed by atoms with Crippen LogP contribution in [0.3, 0.4) is 0 Å². The first-order valence-electron chi connectivity index (χ1n) is 6.26. The zero-order chi connectivity index (χ0) is 13.2. The van der Waals surface area contributed by atoms with Gasteiger partial charge in [0.1, 0.15) is 4.90 Å². The molecule has 1 aromatic heterocycles. The summed E-state index contributed by atoms with van der Waals surface area (Å²) in [7, 11) is -3.36. The minimum atomic E-state index is -3.36. The lowest BCUT2D eigenvalue weighted by Crippen LogP contribution is -2.28. The third kappa shape index (κ3) is 2.73. The van der Waals surface area contributed by atoms with Gasteiger partial charge in [-0.1, -0.05) is 6.92 Å². The minimum Gasteiger partial charge on any atom is -0.330 e. The van der Waals surface area contributed by atoms with Gasteiger partial charge in [-0.2, -0.15) is 9.40 Å². The van der Waals surface area contributed by atoms with E-state index >= 15 is 0 Å². The van der Waals surface area contributed by atoms with Gasteiger partial charge in [0.25, 0.3) is 0 Å². The summed E-state index contributed by atoms with van der Waals surface area (Å²) in [6.07, 6.45) is 4.74. The van der Waals surface area contributed by atoms with Crippen molar-refractivity contribution in [3.05, 3.63) is 12.4 Å². The Morgan fingerprint density at radius 3 is 2.94 bits per heavy atom. The average Bonchev–Trinajstić information content (AvgIpc) is 2.95. The predicted molar refractivity (Wildman–Crippen MR) is 68.4 cm³/mol. The van der Waals surface area contributed by atoms with Crippen molar-refractivity contribution in [2.75, 3.05) is 19.6 Å². The molecule has 2 heterocycles. The number of nitrogens with zero attached hydrogens (tertiary/aromatic N) is 3. The van der Waals surface area contributed by atoms with Crippen LogP contribution in [-0.2, 0) is 16.6 Å². The van der Waals surface area contributed by atoms with E-state index in [4.69, 9.17) is 5.73 Å². The quantitative estimate of drug-likeness (QED) is 0.834. The van der Waals surface area contributed by atoms with E-state index in [2.05, 4.69) is 12.0 Å². The Labute approximate surface area is 108 Å². The van der Waals surface area contributed by atoms with Crippen LogP contribution < -0.4 is 5.73 Å². The van der Waals surface area contributed by atoms with E-state index in [0.29, 0.717) is 32.1 Å². The maximum absolute atomic E-state index is 12.3. The fourth-order valence-corrected chi connectivity index (χ4v) is 3.65. The van der Waals surface area contributed by atoms with Gasteiger partial charge in [0.05, 0.1) is 6.20 Å². The van der Waals surface area contributed by atoms with Crippen LogP contribution in [0.25, 0.3) is 0 Å². The van der Waals surface area contributed by atoms with E-state index in [9.17, 15) is 8.42 Å². The maximum atomic E-state index is 12.3. The molecule has 1 unspecified atom stereocenters. The van der Waals surface area contributed by atoms with E-state index in [1.165, 1.54) is 6.20 Å². The van der Waals surface area contributed by atoms with Crippen LogP contribution in [-0.4, -0.2) is 42.1 Å². The summed E-state index contributed by atoms with van der Waals surface area (Å²) in [4.78, 5) is 0.286. The molecule has 1 saturated heterocycles. The van der Waals surface area contributed by atoms with Crippen molar-refractivity contribution in [3.8, 4) is 0 Å². The predicted octanol–water partition coefficient (Wildman–Crippen LogP) is 0.262. The van der Waals surface area contributed by atoms with Crippen molar-refractivity contribution in [1.82, 2.24) is 14.1 Å². The fraction of sp³-hybridized carbons (Fsp3) is 0.727. The van der Waals surface area contributed by atoms with E-state index in [1.54, 1.807) is 15.2 Å². The molecule has 1 atom stereocenters. The fourth-order valence-electron chi connectivity index (χ4n) is 2.12. The van der Waals surface area contributed by atoms with Crippen molar-refractivity contribution in [2.45, 2.75) is 31.2 Å². The lowest BCUT2D eigenvalue weighted by molar-refractivity contribution is 0.464. The molecule has 2 N–H and O–H groups in total. The third-order valence-corrected chi connectivity index (χ3v) is 5.04. The van der Waals surface area contributed by atoms with E-state index in [1.807, 2.05) is 0 Å². The Hall–Kier alpha value is -0.920. The largest absolute Gasteiger partial charge is 0.330 e. The molecule has 0 aliphatic carbocycles. The summed E-state index contributed by atoms with van der Waals surface area (Å²) in [6, 6.07) is 0. The molecule has 7 heteroatoms. The molecule has 0 aromatic carbocycles. The average molecular weight is 272 g/mol. The second kappa shape index (κ2) is 5.38. The van der Waals surface area contributed by atoms with Gasteiger partial charge in [-0.3, -0.25) is 4.68 Å². The number of rotatable bonds is 5. The molecule has 0 saturated carbocycles. The summed E-state index contributed by atoms with van der Waals surface area (Å²) >= 11 is 0. The molecule has 1 fully saturated rings. The van der Waals surface area contributed by atoms with Gasteiger partial charge in [-0.05, 0) is 25.3 Å². The minimum absolute atomic E-state index is 0.286. The van der Waals surface area contributed by atoms with Gasteiger partial charge >= 0.3 is 0 Å². The molecule has 1 aromatic rings. The first-order chi connectivity index (χ1) is 8.54. The molecule has 18 heavy (non-hydrogen) atoms. The second-order valence-corrected chi connectivity index (χ2v) is 6.78. The van der Waals surface area contributed by atoms with Crippen LogP contribution >= 0.6 is 0 Å². The van der Waals surface area contributed by atoms with Crippen molar-refractivity contribution in [3.63, 3.8) is 0 Å².